The first kappa shape index (κ1) is 17.6. The highest BCUT2D eigenvalue weighted by molar-refractivity contribution is 7.15. The minimum absolute atomic E-state index is 0.275. The van der Waals surface area contributed by atoms with Crippen molar-refractivity contribution in [1.82, 2.24) is 20.0 Å². The maximum Gasteiger partial charge on any atom is 0.262 e. The molecule has 6 nitrogen and oxygen atoms in total. The second kappa shape index (κ2) is 7.76. The smallest absolute Gasteiger partial charge is 0.262 e. The van der Waals surface area contributed by atoms with Gasteiger partial charge in [0.1, 0.15) is 15.7 Å². The van der Waals surface area contributed by atoms with Gasteiger partial charge in [0.25, 0.3) is 5.91 Å². The van der Waals surface area contributed by atoms with Gasteiger partial charge in [-0.1, -0.05) is 54.5 Å². The zero-order valence-corrected chi connectivity index (χ0v) is 15.6. The Morgan fingerprint density at radius 2 is 2.04 bits per heavy atom. The lowest BCUT2D eigenvalue weighted by atomic mass is 10.2. The Bertz CT molecular complexity index is 875. The summed E-state index contributed by atoms with van der Waals surface area (Å²) in [5, 5.41) is 16.9. The number of carbonyl (C=O) groups is 1. The molecule has 1 N–H and O–H groups in total. The zero-order valence-electron chi connectivity index (χ0n) is 14.0. The van der Waals surface area contributed by atoms with Gasteiger partial charge in [0.2, 0.25) is 5.13 Å². The number of benzene rings is 1. The van der Waals surface area contributed by atoms with E-state index in [1.54, 1.807) is 11.6 Å². The number of halogens is 1. The van der Waals surface area contributed by atoms with Crippen molar-refractivity contribution in [3.05, 3.63) is 51.7 Å². The second-order valence-electron chi connectivity index (χ2n) is 5.56. The van der Waals surface area contributed by atoms with Crippen molar-refractivity contribution >= 4 is 34.0 Å². The molecule has 0 aliphatic carbocycles. The molecule has 0 unspecified atom stereocenters. The Kier molecular flexibility index (Phi) is 5.45. The number of carbonyl (C=O) groups excluding carboxylic acids is 1. The maximum absolute atomic E-state index is 12.6. The van der Waals surface area contributed by atoms with Crippen LogP contribution in [-0.4, -0.2) is 25.9 Å². The molecule has 0 aliphatic rings. The molecule has 0 aliphatic heterocycles. The Morgan fingerprint density at radius 3 is 2.76 bits per heavy atom. The molecule has 0 saturated heterocycles. The van der Waals surface area contributed by atoms with Crippen LogP contribution >= 0.6 is 22.9 Å². The van der Waals surface area contributed by atoms with Crippen LogP contribution in [0.1, 0.15) is 40.8 Å². The number of amides is 1. The molecule has 25 heavy (non-hydrogen) atoms. The lowest BCUT2D eigenvalue weighted by Crippen LogP contribution is -2.13. The van der Waals surface area contributed by atoms with Crippen LogP contribution in [0.3, 0.4) is 0 Å². The van der Waals surface area contributed by atoms with E-state index in [0.29, 0.717) is 16.4 Å². The average Bonchev–Trinajstić information content (AvgIpc) is 3.17. The first-order valence-corrected chi connectivity index (χ1v) is 9.24. The molecule has 0 radical (unpaired) electrons. The molecule has 0 saturated carbocycles. The Morgan fingerprint density at radius 1 is 1.28 bits per heavy atom. The third kappa shape index (κ3) is 3.88. The summed E-state index contributed by atoms with van der Waals surface area (Å²) in [7, 11) is 0. The molecule has 130 valence electrons. The monoisotopic (exact) mass is 375 g/mol. The minimum atomic E-state index is -0.331. The van der Waals surface area contributed by atoms with E-state index in [-0.39, 0.29) is 11.1 Å². The van der Waals surface area contributed by atoms with Gasteiger partial charge in [-0.3, -0.25) is 10.1 Å². The number of nitrogens with one attached hydrogen (secondary N) is 1. The van der Waals surface area contributed by atoms with E-state index in [2.05, 4.69) is 27.5 Å². The fraction of sp³-hybridized carbons (Fsp3) is 0.294. The molecule has 3 aromatic rings. The highest BCUT2D eigenvalue weighted by Gasteiger charge is 2.22. The molecule has 3 rings (SSSR count). The lowest BCUT2D eigenvalue weighted by molar-refractivity contribution is 0.102. The van der Waals surface area contributed by atoms with Gasteiger partial charge >= 0.3 is 0 Å². The Balaban J connectivity index is 1.81. The molecule has 1 amide bonds. The second-order valence-corrected chi connectivity index (χ2v) is 6.98. The predicted molar refractivity (Wildman–Crippen MR) is 99.8 cm³/mol. The third-order valence-electron chi connectivity index (χ3n) is 3.66. The van der Waals surface area contributed by atoms with Crippen molar-refractivity contribution in [3.63, 3.8) is 0 Å². The average molecular weight is 376 g/mol. The van der Waals surface area contributed by atoms with Crippen molar-refractivity contribution in [2.24, 2.45) is 0 Å². The number of unbranched alkanes of at least 4 members (excludes halogenated alkanes) is 1. The van der Waals surface area contributed by atoms with Gasteiger partial charge in [0.05, 0.1) is 11.4 Å². The van der Waals surface area contributed by atoms with Crippen molar-refractivity contribution in [3.8, 4) is 5.69 Å². The maximum atomic E-state index is 12.6. The van der Waals surface area contributed by atoms with Gasteiger partial charge in [-0.2, -0.15) is 5.10 Å². The Labute approximate surface area is 154 Å². The number of anilines is 1. The molecule has 0 bridgehead atoms. The highest BCUT2D eigenvalue weighted by atomic mass is 35.5. The molecule has 0 spiro atoms. The number of hydrogen-bond acceptors (Lipinski definition) is 5. The largest absolute Gasteiger partial charge is 0.296 e. The van der Waals surface area contributed by atoms with Crippen LogP contribution in [0.25, 0.3) is 5.69 Å². The summed E-state index contributed by atoms with van der Waals surface area (Å²) in [5.74, 6) is -0.331. The molecular weight excluding hydrogens is 358 g/mol. The van der Waals surface area contributed by atoms with Gasteiger partial charge in [-0.25, -0.2) is 4.68 Å². The number of nitrogens with zero attached hydrogens (tertiary/aromatic N) is 4. The predicted octanol–water partition coefficient (Wildman–Crippen LogP) is 4.28. The molecule has 0 fully saturated rings. The number of aryl methyl sites for hydroxylation is 2. The fourth-order valence-electron chi connectivity index (χ4n) is 2.39. The van der Waals surface area contributed by atoms with Crippen LogP contribution in [0.5, 0.6) is 0 Å². The van der Waals surface area contributed by atoms with E-state index in [1.807, 2.05) is 30.3 Å². The van der Waals surface area contributed by atoms with Crippen LogP contribution in [0.15, 0.2) is 30.3 Å². The highest BCUT2D eigenvalue weighted by Crippen LogP contribution is 2.25. The van der Waals surface area contributed by atoms with E-state index in [4.69, 9.17) is 11.6 Å². The summed E-state index contributed by atoms with van der Waals surface area (Å²) in [4.78, 5) is 12.6. The van der Waals surface area contributed by atoms with Crippen LogP contribution in [-0.2, 0) is 6.42 Å². The molecule has 2 heterocycles. The summed E-state index contributed by atoms with van der Waals surface area (Å²) < 4.78 is 1.55. The summed E-state index contributed by atoms with van der Waals surface area (Å²) in [6.07, 6.45) is 3.02. The minimum Gasteiger partial charge on any atom is -0.296 e. The number of para-hydroxylation sites is 1. The summed E-state index contributed by atoms with van der Waals surface area (Å²) in [5.41, 5.74) is 1.70. The van der Waals surface area contributed by atoms with Crippen molar-refractivity contribution in [2.45, 2.75) is 33.1 Å². The van der Waals surface area contributed by atoms with E-state index in [0.717, 1.165) is 30.0 Å². The fourth-order valence-corrected chi connectivity index (χ4v) is 3.52. The van der Waals surface area contributed by atoms with E-state index in [1.165, 1.54) is 11.3 Å². The van der Waals surface area contributed by atoms with E-state index >= 15 is 0 Å². The number of rotatable bonds is 6. The molecular formula is C17H18ClN5OS. The molecule has 1 aromatic carbocycles. The quantitative estimate of drug-likeness (QED) is 0.697. The zero-order chi connectivity index (χ0) is 17.8. The van der Waals surface area contributed by atoms with E-state index in [9.17, 15) is 4.79 Å². The summed E-state index contributed by atoms with van der Waals surface area (Å²) in [6.45, 7) is 3.88. The van der Waals surface area contributed by atoms with Crippen LogP contribution in [0.2, 0.25) is 5.15 Å². The number of aromatic nitrogens is 4. The normalized spacial score (nSPS) is 10.8. The van der Waals surface area contributed by atoms with Crippen LogP contribution in [0, 0.1) is 6.92 Å². The molecule has 8 heteroatoms. The van der Waals surface area contributed by atoms with Gasteiger partial charge < -0.3 is 0 Å². The SMILES string of the molecule is CCCCc1nnc(NC(=O)c2c(C)nn(-c3ccccc3)c2Cl)s1. The standard InChI is InChI=1S/C17H18ClN5OS/c1-3-4-10-13-20-21-17(25-13)19-16(24)14-11(2)22-23(15(14)18)12-8-6-5-7-9-12/h5-9H,3-4,10H2,1-2H3,(H,19,21,24). The van der Waals surface area contributed by atoms with Crippen LogP contribution < -0.4 is 5.32 Å². The Hall–Kier alpha value is -2.25. The van der Waals surface area contributed by atoms with Gasteiger partial charge in [0.15, 0.2) is 0 Å². The van der Waals surface area contributed by atoms with Gasteiger partial charge in [0, 0.05) is 6.42 Å². The topological polar surface area (TPSA) is 72.7 Å². The van der Waals surface area contributed by atoms with Crippen molar-refractivity contribution in [2.75, 3.05) is 5.32 Å². The number of hydrogen-bond donors (Lipinski definition) is 1. The van der Waals surface area contributed by atoms with Crippen molar-refractivity contribution < 1.29 is 4.79 Å². The van der Waals surface area contributed by atoms with Crippen LogP contribution in [0.4, 0.5) is 5.13 Å². The summed E-state index contributed by atoms with van der Waals surface area (Å²) in [6, 6.07) is 9.45. The molecule has 0 atom stereocenters. The van der Waals surface area contributed by atoms with Gasteiger partial charge in [-0.05, 0) is 25.5 Å². The first-order chi connectivity index (χ1) is 12.1. The third-order valence-corrected chi connectivity index (χ3v) is 4.91. The van der Waals surface area contributed by atoms with Crippen molar-refractivity contribution in [1.29, 1.82) is 0 Å². The first-order valence-electron chi connectivity index (χ1n) is 8.04. The lowest BCUT2D eigenvalue weighted by Gasteiger charge is -2.03. The summed E-state index contributed by atoms with van der Waals surface area (Å²) >= 11 is 7.79. The van der Waals surface area contributed by atoms with E-state index < -0.39 is 0 Å². The van der Waals surface area contributed by atoms with Gasteiger partial charge in [-0.15, -0.1) is 10.2 Å². The molecule has 2 aromatic heterocycles.